The number of rotatable bonds is 16. The number of hydrogen-bond acceptors (Lipinski definition) is 10. The molecule has 0 bridgehead atoms. The zero-order valence-corrected chi connectivity index (χ0v) is 21.9. The maximum atomic E-state index is 12.9. The number of carbonyl (C=O) groups is 6. The molecule has 0 aliphatic carbocycles. The summed E-state index contributed by atoms with van der Waals surface area (Å²) in [5.74, 6) is -6.78. The minimum absolute atomic E-state index is 0.101. The molecule has 0 saturated heterocycles. The van der Waals surface area contributed by atoms with Crippen molar-refractivity contribution < 1.29 is 49.2 Å². The van der Waals surface area contributed by atoms with Gasteiger partial charge >= 0.3 is 5.97 Å². The summed E-state index contributed by atoms with van der Waals surface area (Å²) < 4.78 is 0. The normalized spacial score (nSPS) is 16.1. The minimum Gasteiger partial charge on any atom is -0.480 e. The van der Waals surface area contributed by atoms with Crippen LogP contribution in [0.2, 0.25) is 0 Å². The molecule has 5 amide bonds. The number of aliphatic hydroxyl groups excluding tert-OH is 3. The fourth-order valence-corrected chi connectivity index (χ4v) is 3.33. The Morgan fingerprint density at radius 2 is 1.30 bits per heavy atom. The SMILES string of the molecule is C[C@@H](O)[C@H](N)C(=O)N[C@@H](CO)C(=O)N[C@@H](CC(N)=O)C(=O)N[C@H](C(=O)N[C@@H](Cc1ccccc1)C(=O)O)[C@@H](C)O. The average Bonchev–Trinajstić information content (AvgIpc) is 2.88. The molecule has 0 radical (unpaired) electrons. The van der Waals surface area contributed by atoms with E-state index in [2.05, 4.69) is 21.3 Å². The lowest BCUT2D eigenvalue weighted by Crippen LogP contribution is -2.61. The van der Waals surface area contributed by atoms with Gasteiger partial charge in [-0.15, -0.1) is 0 Å². The van der Waals surface area contributed by atoms with Crippen molar-refractivity contribution >= 4 is 35.5 Å². The molecule has 1 aromatic rings. The topological polar surface area (TPSA) is 284 Å². The molecule has 7 atom stereocenters. The highest BCUT2D eigenvalue weighted by atomic mass is 16.4. The van der Waals surface area contributed by atoms with Crippen LogP contribution in [0.5, 0.6) is 0 Å². The fraction of sp³-hybridized carbons (Fsp3) is 0.500. The van der Waals surface area contributed by atoms with E-state index < -0.39 is 91.0 Å². The molecule has 0 spiro atoms. The van der Waals surface area contributed by atoms with Gasteiger partial charge in [0, 0.05) is 6.42 Å². The number of carboxylic acid groups (broad SMARTS) is 1. The number of nitrogens with two attached hydrogens (primary N) is 2. The van der Waals surface area contributed by atoms with Gasteiger partial charge in [-0.25, -0.2) is 4.79 Å². The molecule has 0 aliphatic rings. The number of aliphatic hydroxyl groups is 3. The first-order valence-electron chi connectivity index (χ1n) is 12.2. The lowest BCUT2D eigenvalue weighted by Gasteiger charge is -2.27. The van der Waals surface area contributed by atoms with E-state index in [1.807, 2.05) is 0 Å². The molecular weight excluding hydrogens is 532 g/mol. The van der Waals surface area contributed by atoms with Gasteiger partial charge in [-0.2, -0.15) is 0 Å². The van der Waals surface area contributed by atoms with Crippen LogP contribution in [0, 0.1) is 0 Å². The van der Waals surface area contributed by atoms with Crippen LogP contribution in [0.25, 0.3) is 0 Å². The number of carbonyl (C=O) groups excluding carboxylic acids is 5. The second-order valence-corrected chi connectivity index (χ2v) is 9.06. The summed E-state index contributed by atoms with van der Waals surface area (Å²) in [4.78, 5) is 73.7. The standard InChI is InChI=1S/C24H36N6O10/c1-11(32)18(26)22(37)29-16(10-31)21(36)27-14(9-17(25)34)20(35)30-19(12(2)33)23(38)28-15(24(39)40)8-13-6-4-3-5-7-13/h3-7,11-12,14-16,18-19,31-33H,8-10,26H2,1-2H3,(H2,25,34)(H,27,36)(H,28,38)(H,29,37)(H,30,35)(H,39,40)/t11-,12-,14+,15+,16+,18+,19+/m1/s1. The summed E-state index contributed by atoms with van der Waals surface area (Å²) in [6.45, 7) is 1.41. The molecule has 0 aromatic heterocycles. The van der Waals surface area contributed by atoms with E-state index in [4.69, 9.17) is 11.5 Å². The smallest absolute Gasteiger partial charge is 0.326 e. The summed E-state index contributed by atoms with van der Waals surface area (Å²) in [7, 11) is 0. The van der Waals surface area contributed by atoms with Crippen LogP contribution in [-0.2, 0) is 35.2 Å². The molecule has 16 heteroatoms. The van der Waals surface area contributed by atoms with Gasteiger partial charge < -0.3 is 53.2 Å². The maximum Gasteiger partial charge on any atom is 0.326 e. The van der Waals surface area contributed by atoms with Crippen molar-refractivity contribution in [3.8, 4) is 0 Å². The van der Waals surface area contributed by atoms with Gasteiger partial charge in [-0.1, -0.05) is 30.3 Å². The molecule has 0 fully saturated rings. The van der Waals surface area contributed by atoms with E-state index in [0.29, 0.717) is 5.56 Å². The van der Waals surface area contributed by atoms with Crippen LogP contribution in [-0.4, -0.2) is 105 Å². The molecule has 1 rings (SSSR count). The van der Waals surface area contributed by atoms with Gasteiger partial charge in [0.1, 0.15) is 30.2 Å². The number of benzene rings is 1. The number of carboxylic acids is 1. The summed E-state index contributed by atoms with van der Waals surface area (Å²) in [6.07, 6.45) is -3.72. The van der Waals surface area contributed by atoms with Crippen LogP contribution >= 0.6 is 0 Å². The van der Waals surface area contributed by atoms with Crippen molar-refractivity contribution in [2.75, 3.05) is 6.61 Å². The lowest BCUT2D eigenvalue weighted by molar-refractivity contribution is -0.143. The third kappa shape index (κ3) is 10.9. The number of nitrogens with one attached hydrogen (secondary N) is 4. The Kier molecular flexibility index (Phi) is 13.6. The average molecular weight is 569 g/mol. The van der Waals surface area contributed by atoms with E-state index in [-0.39, 0.29) is 6.42 Å². The zero-order valence-electron chi connectivity index (χ0n) is 21.9. The first kappa shape index (κ1) is 33.9. The van der Waals surface area contributed by atoms with Crippen molar-refractivity contribution in [3.63, 3.8) is 0 Å². The van der Waals surface area contributed by atoms with Gasteiger partial charge in [0.25, 0.3) is 0 Å². The minimum atomic E-state index is -1.73. The maximum absolute atomic E-state index is 12.9. The van der Waals surface area contributed by atoms with Crippen LogP contribution in [0.3, 0.4) is 0 Å². The Morgan fingerprint density at radius 3 is 1.77 bits per heavy atom. The van der Waals surface area contributed by atoms with Crippen molar-refractivity contribution in [2.45, 2.75) is 69.1 Å². The van der Waals surface area contributed by atoms with Gasteiger partial charge in [0.2, 0.25) is 29.5 Å². The van der Waals surface area contributed by atoms with Gasteiger partial charge in [-0.3, -0.25) is 24.0 Å². The molecule has 12 N–H and O–H groups in total. The number of amides is 5. The molecule has 0 saturated carbocycles. The Bertz CT molecular complexity index is 1050. The lowest BCUT2D eigenvalue weighted by atomic mass is 10.0. The highest BCUT2D eigenvalue weighted by Crippen LogP contribution is 2.06. The summed E-state index contributed by atoms with van der Waals surface area (Å²) in [5, 5.41) is 47.2. The summed E-state index contributed by atoms with van der Waals surface area (Å²) in [6, 6.07) is 0.423. The van der Waals surface area contributed by atoms with E-state index in [0.717, 1.165) is 6.92 Å². The molecule has 0 aliphatic heterocycles. The van der Waals surface area contributed by atoms with Crippen molar-refractivity contribution in [1.82, 2.24) is 21.3 Å². The molecule has 0 unspecified atom stereocenters. The second kappa shape index (κ2) is 16.1. The Balaban J connectivity index is 3.02. The van der Waals surface area contributed by atoms with Crippen molar-refractivity contribution in [1.29, 1.82) is 0 Å². The van der Waals surface area contributed by atoms with Gasteiger partial charge in [0.15, 0.2) is 0 Å². The first-order chi connectivity index (χ1) is 18.7. The molecule has 1 aromatic carbocycles. The molecule has 222 valence electrons. The highest BCUT2D eigenvalue weighted by molar-refractivity contribution is 5.97. The third-order valence-electron chi connectivity index (χ3n) is 5.64. The molecule has 40 heavy (non-hydrogen) atoms. The predicted molar refractivity (Wildman–Crippen MR) is 138 cm³/mol. The predicted octanol–water partition coefficient (Wildman–Crippen LogP) is -4.79. The van der Waals surface area contributed by atoms with E-state index >= 15 is 0 Å². The quantitative estimate of drug-likeness (QED) is 0.0903. The third-order valence-corrected chi connectivity index (χ3v) is 5.64. The van der Waals surface area contributed by atoms with Crippen molar-refractivity contribution in [3.05, 3.63) is 35.9 Å². The molecule has 16 nitrogen and oxygen atoms in total. The van der Waals surface area contributed by atoms with Gasteiger partial charge in [0.05, 0.1) is 25.2 Å². The van der Waals surface area contributed by atoms with E-state index in [1.165, 1.54) is 6.92 Å². The Hall–Kier alpha value is -4.12. The van der Waals surface area contributed by atoms with Crippen LogP contribution in [0.4, 0.5) is 0 Å². The fourth-order valence-electron chi connectivity index (χ4n) is 3.33. The molecular formula is C24H36N6O10. The second-order valence-electron chi connectivity index (χ2n) is 9.06. The number of primary amides is 1. The molecule has 0 heterocycles. The largest absolute Gasteiger partial charge is 0.480 e. The first-order valence-corrected chi connectivity index (χ1v) is 12.2. The van der Waals surface area contributed by atoms with Gasteiger partial charge in [-0.05, 0) is 19.4 Å². The van der Waals surface area contributed by atoms with E-state index in [1.54, 1.807) is 30.3 Å². The highest BCUT2D eigenvalue weighted by Gasteiger charge is 2.34. The van der Waals surface area contributed by atoms with Crippen LogP contribution < -0.4 is 32.7 Å². The van der Waals surface area contributed by atoms with Crippen molar-refractivity contribution in [2.24, 2.45) is 11.5 Å². The Morgan fingerprint density at radius 1 is 0.775 bits per heavy atom. The Labute approximate surface area is 229 Å². The number of hydrogen-bond donors (Lipinski definition) is 10. The zero-order chi connectivity index (χ0) is 30.6. The van der Waals surface area contributed by atoms with Crippen LogP contribution in [0.15, 0.2) is 30.3 Å². The summed E-state index contributed by atoms with van der Waals surface area (Å²) in [5.41, 5.74) is 11.2. The summed E-state index contributed by atoms with van der Waals surface area (Å²) >= 11 is 0. The van der Waals surface area contributed by atoms with E-state index in [9.17, 15) is 49.2 Å². The monoisotopic (exact) mass is 568 g/mol. The number of aliphatic carboxylic acids is 1. The van der Waals surface area contributed by atoms with Crippen LogP contribution in [0.1, 0.15) is 25.8 Å².